The van der Waals surface area contributed by atoms with Gasteiger partial charge in [0.15, 0.2) is 11.5 Å². The van der Waals surface area contributed by atoms with Crippen molar-refractivity contribution >= 4 is 0 Å². The van der Waals surface area contributed by atoms with E-state index in [1.165, 1.54) is 12.1 Å². The fourth-order valence-corrected chi connectivity index (χ4v) is 0.512. The summed E-state index contributed by atoms with van der Waals surface area (Å²) >= 11 is 0. The van der Waals surface area contributed by atoms with Crippen LogP contribution >= 0.6 is 0 Å². The second kappa shape index (κ2) is 1.85. The summed E-state index contributed by atoms with van der Waals surface area (Å²) in [5.41, 5.74) is 0. The molecule has 0 radical (unpaired) electrons. The van der Waals surface area contributed by atoms with Gasteiger partial charge in [0.25, 0.3) is 0 Å². The molecular weight excluding hydrogens is 121 g/mol. The first-order valence-corrected chi connectivity index (χ1v) is 2.41. The van der Waals surface area contributed by atoms with Crippen molar-refractivity contribution in [3.63, 3.8) is 0 Å². The van der Waals surface area contributed by atoms with Gasteiger partial charge in [0.05, 0.1) is 0 Å². The minimum absolute atomic E-state index is 0.0645. The molecular formula is C6H6O3. The summed E-state index contributed by atoms with van der Waals surface area (Å²) in [6.45, 7) is 0. The Kier molecular flexibility index (Phi) is 1.18. The highest BCUT2D eigenvalue weighted by atomic mass is 16.4. The van der Waals surface area contributed by atoms with Crippen LogP contribution in [0.25, 0.3) is 0 Å². The molecule has 48 valence electrons. The number of rotatable bonds is 0. The molecule has 0 saturated carbocycles. The quantitative estimate of drug-likeness (QED) is 0.357. The van der Waals surface area contributed by atoms with Crippen LogP contribution in [-0.4, -0.2) is 15.3 Å². The first kappa shape index (κ1) is 5.75. The van der Waals surface area contributed by atoms with Crippen LogP contribution in [0.4, 0.5) is 0 Å². The Morgan fingerprint density at radius 3 is 2.00 bits per heavy atom. The lowest BCUT2D eigenvalue weighted by molar-refractivity contribution is 0.396. The maximum absolute atomic E-state index is 8.69. The van der Waals surface area contributed by atoms with Crippen LogP contribution in [0.2, 0.25) is 0 Å². The molecule has 1 aromatic rings. The zero-order valence-electron chi connectivity index (χ0n) is 4.57. The SMILES string of the molecule is Oc1cc[13c](O)c(O)c1. The van der Waals surface area contributed by atoms with E-state index >= 15 is 0 Å². The summed E-state index contributed by atoms with van der Waals surface area (Å²) in [6.07, 6.45) is 0. The van der Waals surface area contributed by atoms with E-state index in [9.17, 15) is 0 Å². The van der Waals surface area contributed by atoms with E-state index in [0.717, 1.165) is 6.07 Å². The Bertz CT molecular complexity index is 220. The van der Waals surface area contributed by atoms with Gasteiger partial charge in [-0.25, -0.2) is 0 Å². The van der Waals surface area contributed by atoms with E-state index in [1.54, 1.807) is 0 Å². The Morgan fingerprint density at radius 1 is 0.889 bits per heavy atom. The minimum Gasteiger partial charge on any atom is -0.508 e. The van der Waals surface area contributed by atoms with E-state index in [4.69, 9.17) is 15.3 Å². The molecule has 0 amide bonds. The molecule has 3 nitrogen and oxygen atoms in total. The molecule has 0 heterocycles. The summed E-state index contributed by atoms with van der Waals surface area (Å²) in [7, 11) is 0. The predicted octanol–water partition coefficient (Wildman–Crippen LogP) is 0.803. The van der Waals surface area contributed by atoms with Crippen molar-refractivity contribution in [2.24, 2.45) is 0 Å². The van der Waals surface area contributed by atoms with Gasteiger partial charge in [-0.2, -0.15) is 0 Å². The van der Waals surface area contributed by atoms with Gasteiger partial charge in [0, 0.05) is 6.07 Å². The third kappa shape index (κ3) is 1.05. The van der Waals surface area contributed by atoms with E-state index in [2.05, 4.69) is 0 Å². The van der Waals surface area contributed by atoms with Crippen LogP contribution in [0.3, 0.4) is 0 Å². The first-order valence-electron chi connectivity index (χ1n) is 2.41. The topological polar surface area (TPSA) is 60.7 Å². The van der Waals surface area contributed by atoms with Crippen LogP contribution in [-0.2, 0) is 0 Å². The van der Waals surface area contributed by atoms with E-state index in [-0.39, 0.29) is 17.2 Å². The molecule has 0 saturated heterocycles. The molecule has 0 spiro atoms. The molecule has 1 aromatic carbocycles. The summed E-state index contributed by atoms with van der Waals surface area (Å²) in [5.74, 6) is -0.604. The standard InChI is InChI=1S/C6H6O3/c7-4-1-2-5(8)6(9)3-4/h1-3,7-9H/i5+1. The molecule has 0 aromatic heterocycles. The maximum atomic E-state index is 8.69. The predicted molar refractivity (Wildman–Crippen MR) is 31.4 cm³/mol. The molecule has 3 N–H and O–H groups in total. The highest BCUT2D eigenvalue weighted by Crippen LogP contribution is 2.27. The molecule has 0 bridgehead atoms. The van der Waals surface area contributed by atoms with Gasteiger partial charge < -0.3 is 15.3 Å². The smallest absolute Gasteiger partial charge is 0.161 e. The van der Waals surface area contributed by atoms with Crippen molar-refractivity contribution in [2.75, 3.05) is 0 Å². The van der Waals surface area contributed by atoms with Crippen molar-refractivity contribution in [1.29, 1.82) is 0 Å². The second-order valence-corrected chi connectivity index (χ2v) is 1.67. The molecule has 9 heavy (non-hydrogen) atoms. The van der Waals surface area contributed by atoms with Crippen molar-refractivity contribution in [3.8, 4) is 17.2 Å². The number of hydrogen-bond acceptors (Lipinski definition) is 3. The van der Waals surface area contributed by atoms with E-state index in [0.29, 0.717) is 0 Å². The molecule has 0 aliphatic rings. The number of benzene rings is 1. The highest BCUT2D eigenvalue weighted by Gasteiger charge is 1.96. The fourth-order valence-electron chi connectivity index (χ4n) is 0.512. The molecule has 0 unspecified atom stereocenters. The average Bonchev–Trinajstić information content (AvgIpc) is 1.80. The van der Waals surface area contributed by atoms with Crippen molar-refractivity contribution in [2.45, 2.75) is 0 Å². The molecule has 0 fully saturated rings. The largest absolute Gasteiger partial charge is 0.508 e. The van der Waals surface area contributed by atoms with Gasteiger partial charge >= 0.3 is 0 Å². The number of phenols is 3. The van der Waals surface area contributed by atoms with Crippen molar-refractivity contribution < 1.29 is 15.3 Å². The van der Waals surface area contributed by atoms with Gasteiger partial charge in [-0.1, -0.05) is 0 Å². The average molecular weight is 127 g/mol. The summed E-state index contributed by atoms with van der Waals surface area (Å²) in [6, 6.07) is 3.56. The zero-order chi connectivity index (χ0) is 6.85. The Morgan fingerprint density at radius 2 is 1.56 bits per heavy atom. The van der Waals surface area contributed by atoms with Crippen LogP contribution in [0.1, 0.15) is 0 Å². The molecule has 3 heteroatoms. The van der Waals surface area contributed by atoms with Crippen LogP contribution in [0.15, 0.2) is 18.2 Å². The van der Waals surface area contributed by atoms with Gasteiger partial charge in [-0.15, -0.1) is 0 Å². The summed E-state index contributed by atoms with van der Waals surface area (Å²) in [5, 5.41) is 26.0. The first-order chi connectivity index (χ1) is 4.20. The third-order valence-corrected chi connectivity index (χ3v) is 0.959. The lowest BCUT2D eigenvalue weighted by atomic mass is 10.4. The number of phenolic OH excluding ortho intramolecular Hbond substituents is 3. The van der Waals surface area contributed by atoms with Gasteiger partial charge in [0.2, 0.25) is 0 Å². The zero-order valence-corrected chi connectivity index (χ0v) is 4.57. The second-order valence-electron chi connectivity index (χ2n) is 1.67. The van der Waals surface area contributed by atoms with E-state index < -0.39 is 0 Å². The van der Waals surface area contributed by atoms with Crippen LogP contribution in [0.5, 0.6) is 17.2 Å². The lowest BCUT2D eigenvalue weighted by Gasteiger charge is -1.95. The highest BCUT2D eigenvalue weighted by molar-refractivity contribution is 5.42. The number of hydrogen-bond donors (Lipinski definition) is 3. The Balaban J connectivity index is 3.17. The monoisotopic (exact) mass is 127 g/mol. The van der Waals surface area contributed by atoms with Crippen LogP contribution in [0, 0.1) is 0 Å². The normalized spacial score (nSPS) is 9.33. The summed E-state index contributed by atoms with van der Waals surface area (Å²) < 4.78 is 0. The Labute approximate surface area is 51.8 Å². The van der Waals surface area contributed by atoms with Gasteiger partial charge in [-0.3, -0.25) is 0 Å². The summed E-state index contributed by atoms with van der Waals surface area (Å²) in [4.78, 5) is 0. The fraction of sp³-hybridized carbons (Fsp3) is 0. The number of aromatic hydroxyl groups is 3. The van der Waals surface area contributed by atoms with Crippen LogP contribution < -0.4 is 0 Å². The van der Waals surface area contributed by atoms with E-state index in [1.807, 2.05) is 0 Å². The molecule has 0 aliphatic carbocycles. The Hall–Kier alpha value is -1.38. The third-order valence-electron chi connectivity index (χ3n) is 0.959. The van der Waals surface area contributed by atoms with Crippen molar-refractivity contribution in [3.05, 3.63) is 18.2 Å². The molecule has 1 rings (SSSR count). The minimum atomic E-state index is -0.310. The lowest BCUT2D eigenvalue weighted by Crippen LogP contribution is -1.66. The van der Waals surface area contributed by atoms with Gasteiger partial charge in [0.1, 0.15) is 5.75 Å². The molecule has 0 atom stereocenters. The maximum Gasteiger partial charge on any atom is 0.161 e. The van der Waals surface area contributed by atoms with Gasteiger partial charge in [-0.05, 0) is 12.1 Å². The molecule has 0 aliphatic heterocycles. The van der Waals surface area contributed by atoms with Crippen molar-refractivity contribution in [1.82, 2.24) is 0 Å².